The molecule has 2 rings (SSSR count). The molecular weight excluding hydrogens is 295 g/mol. The van der Waals surface area contributed by atoms with Gasteiger partial charge in [0.1, 0.15) is 5.69 Å². The molecule has 4 nitrogen and oxygen atoms in total. The SMILES string of the molecule is C[C@@H](C#N)CNC(=O)c1cc2cc(C(F)(F)F)ccc2n1C. The Kier molecular flexibility index (Phi) is 4.13. The number of hydrogen-bond acceptors (Lipinski definition) is 2. The molecule has 22 heavy (non-hydrogen) atoms. The fourth-order valence-electron chi connectivity index (χ4n) is 2.13. The lowest BCUT2D eigenvalue weighted by Crippen LogP contribution is -2.29. The maximum Gasteiger partial charge on any atom is 0.416 e. The molecule has 1 aromatic heterocycles. The van der Waals surface area contributed by atoms with Crippen molar-refractivity contribution >= 4 is 16.8 Å². The molecule has 1 N–H and O–H groups in total. The van der Waals surface area contributed by atoms with Crippen molar-refractivity contribution in [3.63, 3.8) is 0 Å². The third-order valence-electron chi connectivity index (χ3n) is 3.39. The van der Waals surface area contributed by atoms with Gasteiger partial charge in [-0.1, -0.05) is 0 Å². The van der Waals surface area contributed by atoms with Gasteiger partial charge in [-0.2, -0.15) is 18.4 Å². The number of rotatable bonds is 3. The predicted molar refractivity (Wildman–Crippen MR) is 75.0 cm³/mol. The van der Waals surface area contributed by atoms with Crippen molar-refractivity contribution in [1.29, 1.82) is 5.26 Å². The lowest BCUT2D eigenvalue weighted by molar-refractivity contribution is -0.137. The predicted octanol–water partition coefficient (Wildman–Crippen LogP) is 3.09. The van der Waals surface area contributed by atoms with Crippen molar-refractivity contribution in [1.82, 2.24) is 9.88 Å². The quantitative estimate of drug-likeness (QED) is 0.947. The zero-order valence-electron chi connectivity index (χ0n) is 12.0. The van der Waals surface area contributed by atoms with Crippen molar-refractivity contribution in [3.8, 4) is 6.07 Å². The van der Waals surface area contributed by atoms with Crippen molar-refractivity contribution in [3.05, 3.63) is 35.5 Å². The van der Waals surface area contributed by atoms with E-state index in [1.54, 1.807) is 14.0 Å². The second-order valence-electron chi connectivity index (χ2n) is 5.10. The molecule has 0 bridgehead atoms. The van der Waals surface area contributed by atoms with E-state index >= 15 is 0 Å². The van der Waals surface area contributed by atoms with Crippen molar-refractivity contribution in [2.45, 2.75) is 13.1 Å². The maximum atomic E-state index is 12.7. The van der Waals surface area contributed by atoms with Gasteiger partial charge >= 0.3 is 6.18 Å². The van der Waals surface area contributed by atoms with Gasteiger partial charge in [-0.25, -0.2) is 0 Å². The Morgan fingerprint density at radius 2 is 2.09 bits per heavy atom. The third-order valence-corrected chi connectivity index (χ3v) is 3.39. The highest BCUT2D eigenvalue weighted by Crippen LogP contribution is 2.32. The number of amides is 1. The van der Waals surface area contributed by atoms with Gasteiger partial charge in [-0.3, -0.25) is 4.79 Å². The van der Waals surface area contributed by atoms with E-state index in [2.05, 4.69) is 5.32 Å². The van der Waals surface area contributed by atoms with Crippen LogP contribution in [-0.4, -0.2) is 17.0 Å². The number of nitriles is 1. The molecule has 116 valence electrons. The number of benzene rings is 1. The summed E-state index contributed by atoms with van der Waals surface area (Å²) in [5.74, 6) is -0.759. The van der Waals surface area contributed by atoms with Crippen LogP contribution in [-0.2, 0) is 13.2 Å². The number of aromatic nitrogens is 1. The summed E-state index contributed by atoms with van der Waals surface area (Å²) in [6.07, 6.45) is -4.42. The molecule has 0 saturated carbocycles. The highest BCUT2D eigenvalue weighted by Gasteiger charge is 2.30. The zero-order chi connectivity index (χ0) is 16.5. The fourth-order valence-corrected chi connectivity index (χ4v) is 2.13. The van der Waals surface area contributed by atoms with Gasteiger partial charge in [0.2, 0.25) is 0 Å². The van der Waals surface area contributed by atoms with Gasteiger partial charge in [0, 0.05) is 24.5 Å². The van der Waals surface area contributed by atoms with E-state index in [1.165, 1.54) is 16.7 Å². The first-order valence-electron chi connectivity index (χ1n) is 6.58. The molecule has 0 unspecified atom stereocenters. The first-order valence-corrected chi connectivity index (χ1v) is 6.58. The van der Waals surface area contributed by atoms with Crippen LogP contribution in [0, 0.1) is 17.2 Å². The summed E-state index contributed by atoms with van der Waals surface area (Å²) in [4.78, 5) is 12.1. The van der Waals surface area contributed by atoms with Gasteiger partial charge in [-0.05, 0) is 31.2 Å². The summed E-state index contributed by atoms with van der Waals surface area (Å²) >= 11 is 0. The van der Waals surface area contributed by atoms with Gasteiger partial charge in [0.15, 0.2) is 0 Å². The molecular formula is C15H14F3N3O. The van der Waals surface area contributed by atoms with Crippen LogP contribution < -0.4 is 5.32 Å². The number of nitrogens with zero attached hydrogens (tertiary/aromatic N) is 2. The van der Waals surface area contributed by atoms with Crippen LogP contribution >= 0.6 is 0 Å². The Bertz CT molecular complexity index is 756. The van der Waals surface area contributed by atoms with Crippen molar-refractivity contribution in [2.24, 2.45) is 13.0 Å². The number of hydrogen-bond donors (Lipinski definition) is 1. The highest BCUT2D eigenvalue weighted by molar-refractivity contribution is 5.98. The maximum absolute atomic E-state index is 12.7. The molecule has 2 aromatic rings. The van der Waals surface area contributed by atoms with Gasteiger partial charge in [0.05, 0.1) is 17.6 Å². The monoisotopic (exact) mass is 309 g/mol. The van der Waals surface area contributed by atoms with Crippen molar-refractivity contribution in [2.75, 3.05) is 6.54 Å². The van der Waals surface area contributed by atoms with Crippen LogP contribution in [0.15, 0.2) is 24.3 Å². The van der Waals surface area contributed by atoms with Gasteiger partial charge in [-0.15, -0.1) is 0 Å². The number of alkyl halides is 3. The zero-order valence-corrected chi connectivity index (χ0v) is 12.0. The molecule has 1 heterocycles. The molecule has 0 aliphatic carbocycles. The summed E-state index contributed by atoms with van der Waals surface area (Å²) in [5, 5.41) is 11.6. The molecule has 7 heteroatoms. The minimum Gasteiger partial charge on any atom is -0.349 e. The molecule has 1 amide bonds. The molecule has 1 atom stereocenters. The average Bonchev–Trinajstić information content (AvgIpc) is 2.80. The van der Waals surface area contributed by atoms with E-state index in [0.717, 1.165) is 12.1 Å². The summed E-state index contributed by atoms with van der Waals surface area (Å²) in [6.45, 7) is 1.85. The second kappa shape index (κ2) is 5.72. The number of nitrogens with one attached hydrogen (secondary N) is 1. The van der Waals surface area contributed by atoms with Crippen LogP contribution in [0.2, 0.25) is 0 Å². The number of halogens is 3. The molecule has 0 aliphatic rings. The lowest BCUT2D eigenvalue weighted by Gasteiger charge is -2.08. The number of aryl methyl sites for hydroxylation is 1. The highest BCUT2D eigenvalue weighted by atomic mass is 19.4. The van der Waals surface area contributed by atoms with Crippen LogP contribution in [0.4, 0.5) is 13.2 Å². The van der Waals surface area contributed by atoms with Gasteiger partial charge < -0.3 is 9.88 Å². The number of carbonyl (C=O) groups is 1. The topological polar surface area (TPSA) is 57.8 Å². The van der Waals surface area contributed by atoms with Gasteiger partial charge in [0.25, 0.3) is 5.91 Å². The van der Waals surface area contributed by atoms with Crippen LogP contribution in [0.1, 0.15) is 23.0 Å². The van der Waals surface area contributed by atoms with E-state index in [9.17, 15) is 18.0 Å². The van der Waals surface area contributed by atoms with Crippen molar-refractivity contribution < 1.29 is 18.0 Å². The third kappa shape index (κ3) is 3.06. The molecule has 0 spiro atoms. The van der Waals surface area contributed by atoms with E-state index < -0.39 is 17.6 Å². The Morgan fingerprint density at radius 1 is 1.41 bits per heavy atom. The second-order valence-corrected chi connectivity index (χ2v) is 5.10. The van der Waals surface area contributed by atoms with E-state index in [1.807, 2.05) is 6.07 Å². The van der Waals surface area contributed by atoms with Crippen LogP contribution in [0.3, 0.4) is 0 Å². The molecule has 0 radical (unpaired) electrons. The standard InChI is InChI=1S/C15H14F3N3O/c1-9(7-19)8-20-14(22)13-6-10-5-11(15(16,17)18)3-4-12(10)21(13)2/h3-6,9H,8H2,1-2H3,(H,20,22)/t9-/m0/s1. The van der Waals surface area contributed by atoms with E-state index in [-0.39, 0.29) is 18.2 Å². The minimum atomic E-state index is -4.42. The molecule has 0 fully saturated rings. The lowest BCUT2D eigenvalue weighted by atomic mass is 10.1. The largest absolute Gasteiger partial charge is 0.416 e. The fraction of sp³-hybridized carbons (Fsp3) is 0.333. The Labute approximate surface area is 125 Å². The van der Waals surface area contributed by atoms with E-state index in [4.69, 9.17) is 5.26 Å². The molecule has 0 saturated heterocycles. The van der Waals surface area contributed by atoms with Crippen LogP contribution in [0.25, 0.3) is 10.9 Å². The van der Waals surface area contributed by atoms with Crippen LogP contribution in [0.5, 0.6) is 0 Å². The minimum absolute atomic E-state index is 0.185. The summed E-state index contributed by atoms with van der Waals surface area (Å²) in [7, 11) is 1.61. The Hall–Kier alpha value is -2.49. The number of fused-ring (bicyclic) bond motifs is 1. The average molecular weight is 309 g/mol. The normalized spacial score (nSPS) is 12.9. The Morgan fingerprint density at radius 3 is 2.68 bits per heavy atom. The summed E-state index contributed by atoms with van der Waals surface area (Å²) in [5.41, 5.74) is 0.0293. The molecule has 1 aromatic carbocycles. The van der Waals surface area contributed by atoms with E-state index in [0.29, 0.717) is 10.9 Å². The summed E-state index contributed by atoms with van der Waals surface area (Å²) < 4.78 is 39.7. The first-order chi connectivity index (χ1) is 10.2. The molecule has 0 aliphatic heterocycles. The first kappa shape index (κ1) is 15.9. The summed E-state index contributed by atoms with van der Waals surface area (Å²) in [6, 6.07) is 6.75. The smallest absolute Gasteiger partial charge is 0.349 e. The Balaban J connectivity index is 2.34. The number of carbonyl (C=O) groups excluding carboxylic acids is 1.